The van der Waals surface area contributed by atoms with Crippen LogP contribution in [0.4, 0.5) is 36.5 Å². The number of aryl methyl sites for hydroxylation is 1. The van der Waals surface area contributed by atoms with Gasteiger partial charge >= 0.3 is 12.2 Å². The van der Waals surface area contributed by atoms with Crippen molar-refractivity contribution in [3.63, 3.8) is 0 Å². The Kier molecular flexibility index (Phi) is 5.80. The summed E-state index contributed by atoms with van der Waals surface area (Å²) in [6, 6.07) is 10.4. The van der Waals surface area contributed by atoms with Gasteiger partial charge in [0.1, 0.15) is 23.9 Å². The molecule has 3 heterocycles. The van der Waals surface area contributed by atoms with Gasteiger partial charge in [0.25, 0.3) is 5.89 Å². The van der Waals surface area contributed by atoms with Crippen molar-refractivity contribution in [1.82, 2.24) is 20.2 Å². The van der Waals surface area contributed by atoms with Gasteiger partial charge in [0.15, 0.2) is 0 Å². The summed E-state index contributed by atoms with van der Waals surface area (Å²) in [6.45, 7) is 6.68. The highest BCUT2D eigenvalue weighted by Gasteiger charge is 2.27. The third-order valence-electron chi connectivity index (χ3n) is 5.07. The van der Waals surface area contributed by atoms with Gasteiger partial charge in [-0.25, -0.2) is 9.97 Å². The fourth-order valence-electron chi connectivity index (χ4n) is 3.48. The SMILES string of the molecule is Cc1cc(-c2nnc(Nc3cccc(N)n3)o2)nc2c(C(C)(C)C)cc(NCC(F)(F)F)cc12. The van der Waals surface area contributed by atoms with Gasteiger partial charge in [-0.1, -0.05) is 31.9 Å². The quantitative estimate of drug-likeness (QED) is 0.345. The molecule has 4 aromatic rings. The lowest BCUT2D eigenvalue weighted by Gasteiger charge is -2.23. The second-order valence-electron chi connectivity index (χ2n) is 8.95. The van der Waals surface area contributed by atoms with Gasteiger partial charge in [-0.3, -0.25) is 5.32 Å². The van der Waals surface area contributed by atoms with Crippen molar-refractivity contribution < 1.29 is 17.6 Å². The summed E-state index contributed by atoms with van der Waals surface area (Å²) in [4.78, 5) is 8.88. The van der Waals surface area contributed by atoms with Crippen LogP contribution in [-0.2, 0) is 5.41 Å². The molecule has 0 fully saturated rings. The zero-order chi connectivity index (χ0) is 24.7. The molecule has 0 aliphatic heterocycles. The van der Waals surface area contributed by atoms with Crippen LogP contribution < -0.4 is 16.4 Å². The van der Waals surface area contributed by atoms with Gasteiger partial charge in [0.2, 0.25) is 0 Å². The van der Waals surface area contributed by atoms with Gasteiger partial charge in [0.05, 0.1) is 5.52 Å². The summed E-state index contributed by atoms with van der Waals surface area (Å²) in [5.74, 6) is 0.984. The first-order valence-electron chi connectivity index (χ1n) is 10.5. The summed E-state index contributed by atoms with van der Waals surface area (Å²) in [7, 11) is 0. The van der Waals surface area contributed by atoms with Crippen LogP contribution in [0, 0.1) is 6.92 Å². The van der Waals surface area contributed by atoms with Crippen molar-refractivity contribution in [2.24, 2.45) is 0 Å². The second-order valence-corrected chi connectivity index (χ2v) is 8.95. The lowest BCUT2D eigenvalue weighted by molar-refractivity contribution is -0.115. The Morgan fingerprint density at radius 3 is 2.47 bits per heavy atom. The lowest BCUT2D eigenvalue weighted by atomic mass is 9.84. The van der Waals surface area contributed by atoms with Gasteiger partial charge < -0.3 is 15.5 Å². The predicted octanol–water partition coefficient (Wildman–Crippen LogP) is 5.59. The number of hydrogen-bond acceptors (Lipinski definition) is 8. The number of rotatable bonds is 5. The number of halogens is 3. The van der Waals surface area contributed by atoms with E-state index in [-0.39, 0.29) is 17.3 Å². The largest absolute Gasteiger partial charge is 0.405 e. The topological polar surface area (TPSA) is 115 Å². The third kappa shape index (κ3) is 5.19. The number of benzene rings is 1. The number of alkyl halides is 3. The Morgan fingerprint density at radius 1 is 1.03 bits per heavy atom. The van der Waals surface area contributed by atoms with Crippen LogP contribution in [0.1, 0.15) is 31.9 Å². The van der Waals surface area contributed by atoms with E-state index >= 15 is 0 Å². The third-order valence-corrected chi connectivity index (χ3v) is 5.07. The summed E-state index contributed by atoms with van der Waals surface area (Å²) < 4.78 is 44.0. The molecule has 0 saturated carbocycles. The average Bonchev–Trinajstić information content (AvgIpc) is 3.19. The number of pyridine rings is 2. The second kappa shape index (κ2) is 8.47. The Balaban J connectivity index is 1.73. The van der Waals surface area contributed by atoms with Crippen LogP contribution in [0.2, 0.25) is 0 Å². The molecule has 0 aliphatic carbocycles. The van der Waals surface area contributed by atoms with Gasteiger partial charge in [-0.2, -0.15) is 13.2 Å². The number of fused-ring (bicyclic) bond motifs is 1. The summed E-state index contributed by atoms with van der Waals surface area (Å²) >= 11 is 0. The zero-order valence-electron chi connectivity index (χ0n) is 19.1. The van der Waals surface area contributed by atoms with Crippen molar-refractivity contribution in [3.05, 3.63) is 47.5 Å². The summed E-state index contributed by atoms with van der Waals surface area (Å²) in [5, 5.41) is 14.2. The number of nitrogens with one attached hydrogen (secondary N) is 2. The van der Waals surface area contributed by atoms with Crippen molar-refractivity contribution in [1.29, 1.82) is 0 Å². The molecule has 0 bridgehead atoms. The molecule has 3 aromatic heterocycles. The number of aromatic nitrogens is 4. The van der Waals surface area contributed by atoms with Crippen molar-refractivity contribution >= 4 is 34.2 Å². The number of anilines is 4. The van der Waals surface area contributed by atoms with Gasteiger partial charge in [-0.05, 0) is 53.8 Å². The van der Waals surface area contributed by atoms with Crippen molar-refractivity contribution in [3.8, 4) is 11.6 Å². The minimum absolute atomic E-state index is 0.121. The zero-order valence-corrected chi connectivity index (χ0v) is 19.1. The van der Waals surface area contributed by atoms with E-state index in [1.54, 1.807) is 36.4 Å². The van der Waals surface area contributed by atoms with E-state index in [0.29, 0.717) is 28.5 Å². The van der Waals surface area contributed by atoms with Gasteiger partial charge in [0, 0.05) is 11.1 Å². The molecule has 0 atom stereocenters. The molecule has 4 N–H and O–H groups in total. The number of nitrogens with two attached hydrogens (primary N) is 1. The molecule has 4 rings (SSSR count). The maximum Gasteiger partial charge on any atom is 0.405 e. The van der Waals surface area contributed by atoms with Crippen molar-refractivity contribution in [2.75, 3.05) is 22.9 Å². The van der Waals surface area contributed by atoms with Crippen LogP contribution in [0.3, 0.4) is 0 Å². The number of nitrogens with zero attached hydrogens (tertiary/aromatic N) is 4. The van der Waals surface area contributed by atoms with Crippen LogP contribution >= 0.6 is 0 Å². The highest BCUT2D eigenvalue weighted by molar-refractivity contribution is 5.90. The summed E-state index contributed by atoms with van der Waals surface area (Å²) in [6.07, 6.45) is -4.32. The van der Waals surface area contributed by atoms with E-state index in [9.17, 15) is 13.2 Å². The Bertz CT molecular complexity index is 1340. The Labute approximate surface area is 193 Å². The standard InChI is InChI=1S/C23H24F3N7O/c1-12-8-16(20-32-33-21(34-20)31-18-7-5-6-17(27)30-18)29-19-14(12)9-13(28-11-23(24,25)26)10-15(19)22(2,3)4/h5-10,28H,11H2,1-4H3,(H3,27,30,31,33). The lowest BCUT2D eigenvalue weighted by Crippen LogP contribution is -2.22. The molecule has 0 amide bonds. The Morgan fingerprint density at radius 2 is 1.79 bits per heavy atom. The highest BCUT2D eigenvalue weighted by atomic mass is 19.4. The molecular formula is C23H24F3N7O. The first kappa shape index (κ1) is 23.3. The molecule has 11 heteroatoms. The minimum atomic E-state index is -4.32. The molecule has 0 saturated heterocycles. The van der Waals surface area contributed by atoms with E-state index in [0.717, 1.165) is 16.5 Å². The molecule has 0 radical (unpaired) electrons. The number of nitrogen functional groups attached to an aromatic ring is 1. The molecule has 0 aliphatic rings. The smallest absolute Gasteiger partial charge is 0.401 e. The number of hydrogen-bond donors (Lipinski definition) is 3. The highest BCUT2D eigenvalue weighted by Crippen LogP contribution is 2.35. The van der Waals surface area contributed by atoms with Crippen molar-refractivity contribution in [2.45, 2.75) is 39.3 Å². The monoisotopic (exact) mass is 471 g/mol. The molecule has 8 nitrogen and oxygen atoms in total. The minimum Gasteiger partial charge on any atom is -0.401 e. The first-order valence-corrected chi connectivity index (χ1v) is 10.5. The maximum absolute atomic E-state index is 12.8. The van der Waals surface area contributed by atoms with Crippen LogP contribution in [0.5, 0.6) is 0 Å². The predicted molar refractivity (Wildman–Crippen MR) is 125 cm³/mol. The maximum atomic E-state index is 12.8. The summed E-state index contributed by atoms with van der Waals surface area (Å²) in [5.41, 5.74) is 8.40. The molecule has 0 spiro atoms. The fourth-order valence-corrected chi connectivity index (χ4v) is 3.48. The van der Waals surface area contributed by atoms with E-state index in [4.69, 9.17) is 15.1 Å². The van der Waals surface area contributed by atoms with Crippen LogP contribution in [-0.4, -0.2) is 32.9 Å². The van der Waals surface area contributed by atoms with E-state index in [1.807, 2.05) is 27.7 Å². The molecule has 0 unspecified atom stereocenters. The van der Waals surface area contributed by atoms with Crippen LogP contribution in [0.15, 0.2) is 40.8 Å². The first-order chi connectivity index (χ1) is 15.9. The molecular weight excluding hydrogens is 447 g/mol. The van der Waals surface area contributed by atoms with Gasteiger partial charge in [-0.15, -0.1) is 5.10 Å². The average molecular weight is 471 g/mol. The van der Waals surface area contributed by atoms with E-state index in [2.05, 4.69) is 25.8 Å². The van der Waals surface area contributed by atoms with E-state index in [1.165, 1.54) is 0 Å². The molecule has 34 heavy (non-hydrogen) atoms. The fraction of sp³-hybridized carbons (Fsp3) is 0.304. The van der Waals surface area contributed by atoms with E-state index < -0.39 is 12.7 Å². The molecule has 178 valence electrons. The normalized spacial score (nSPS) is 12.2. The molecule has 1 aromatic carbocycles. The Hall–Kier alpha value is -3.89. The van der Waals surface area contributed by atoms with Crippen LogP contribution in [0.25, 0.3) is 22.5 Å².